The predicted octanol–water partition coefficient (Wildman–Crippen LogP) is 3.39. The van der Waals surface area contributed by atoms with Crippen LogP contribution in [0.25, 0.3) is 0 Å². The minimum atomic E-state index is -4.11. The van der Waals surface area contributed by atoms with Crippen molar-refractivity contribution in [3.05, 3.63) is 78.6 Å². The molecule has 0 bridgehead atoms. The van der Waals surface area contributed by atoms with E-state index in [0.717, 1.165) is 10.4 Å². The highest BCUT2D eigenvalue weighted by molar-refractivity contribution is 7.92. The van der Waals surface area contributed by atoms with E-state index in [2.05, 4.69) is 5.32 Å². The summed E-state index contributed by atoms with van der Waals surface area (Å²) in [6.45, 7) is -0.454. The lowest BCUT2D eigenvalue weighted by molar-refractivity contribution is -0.114. The second-order valence-corrected chi connectivity index (χ2v) is 8.28. The fraction of sp³-hybridized carbons (Fsp3) is 0.0952. The molecule has 1 N–H and O–H groups in total. The molecule has 3 aromatic rings. The first-order valence-electron chi connectivity index (χ1n) is 8.96. The second-order valence-electron chi connectivity index (χ2n) is 6.42. The molecule has 0 atom stereocenters. The number of hydrogen-bond donors (Lipinski definition) is 1. The van der Waals surface area contributed by atoms with Crippen LogP contribution in [0.15, 0.2) is 77.7 Å². The maximum Gasteiger partial charge on any atom is 0.264 e. The Hall–Kier alpha value is -3.59. The molecule has 0 aliphatic carbocycles. The van der Waals surface area contributed by atoms with Gasteiger partial charge in [0.25, 0.3) is 10.0 Å². The Morgan fingerprint density at radius 3 is 2.50 bits per heavy atom. The highest BCUT2D eigenvalue weighted by Gasteiger charge is 2.27. The van der Waals surface area contributed by atoms with Gasteiger partial charge in [0.2, 0.25) is 12.7 Å². The molecule has 0 saturated heterocycles. The lowest BCUT2D eigenvalue weighted by atomic mass is 10.2. The van der Waals surface area contributed by atoms with Gasteiger partial charge in [0.1, 0.15) is 12.4 Å². The molecule has 30 heavy (non-hydrogen) atoms. The number of ether oxygens (including phenoxy) is 2. The highest BCUT2D eigenvalue weighted by Crippen LogP contribution is 2.34. The van der Waals surface area contributed by atoms with Gasteiger partial charge in [-0.2, -0.15) is 0 Å². The van der Waals surface area contributed by atoms with Crippen molar-refractivity contribution in [3.63, 3.8) is 0 Å². The molecule has 1 aliphatic heterocycles. The number of fused-ring (bicyclic) bond motifs is 1. The Bertz CT molecular complexity index is 1190. The van der Waals surface area contributed by atoms with Crippen molar-refractivity contribution in [2.75, 3.05) is 23.0 Å². The number of nitrogens with one attached hydrogen (secondary N) is 1. The molecule has 0 spiro atoms. The van der Waals surface area contributed by atoms with Crippen LogP contribution in [0.3, 0.4) is 0 Å². The van der Waals surface area contributed by atoms with Gasteiger partial charge in [-0.3, -0.25) is 9.10 Å². The number of hydrogen-bond acceptors (Lipinski definition) is 5. The minimum absolute atomic E-state index is 0.00913. The van der Waals surface area contributed by atoms with Gasteiger partial charge in [0.15, 0.2) is 11.5 Å². The van der Waals surface area contributed by atoms with Crippen molar-refractivity contribution in [1.29, 1.82) is 0 Å². The van der Waals surface area contributed by atoms with Crippen LogP contribution >= 0.6 is 0 Å². The molecule has 0 aromatic heterocycles. The van der Waals surface area contributed by atoms with E-state index in [9.17, 15) is 17.6 Å². The number of anilines is 2. The molecular weight excluding hydrogens is 411 g/mol. The SMILES string of the molecule is O=C(CN(c1cccc(F)c1)S(=O)(=O)c1ccccc1)Nc1ccc2c(c1)OCO2. The largest absolute Gasteiger partial charge is 0.454 e. The monoisotopic (exact) mass is 428 g/mol. The summed E-state index contributed by atoms with van der Waals surface area (Å²) in [5, 5.41) is 2.64. The first-order valence-corrected chi connectivity index (χ1v) is 10.4. The summed E-state index contributed by atoms with van der Waals surface area (Å²) >= 11 is 0. The minimum Gasteiger partial charge on any atom is -0.454 e. The van der Waals surface area contributed by atoms with Crippen LogP contribution in [-0.2, 0) is 14.8 Å². The number of halogens is 1. The van der Waals surface area contributed by atoms with Crippen LogP contribution in [0.4, 0.5) is 15.8 Å². The van der Waals surface area contributed by atoms with Crippen molar-refractivity contribution in [3.8, 4) is 11.5 Å². The van der Waals surface area contributed by atoms with Crippen molar-refractivity contribution in [2.24, 2.45) is 0 Å². The van der Waals surface area contributed by atoms with Gasteiger partial charge in [0.05, 0.1) is 10.6 Å². The van der Waals surface area contributed by atoms with Crippen molar-refractivity contribution < 1.29 is 27.1 Å². The number of amides is 1. The molecule has 4 rings (SSSR count). The average Bonchev–Trinajstić information content (AvgIpc) is 3.20. The number of carbonyl (C=O) groups is 1. The third-order valence-electron chi connectivity index (χ3n) is 4.37. The van der Waals surface area contributed by atoms with Crippen molar-refractivity contribution >= 4 is 27.3 Å². The van der Waals surface area contributed by atoms with E-state index in [1.165, 1.54) is 30.3 Å². The van der Waals surface area contributed by atoms with E-state index in [1.807, 2.05) is 0 Å². The third kappa shape index (κ3) is 4.06. The zero-order chi connectivity index (χ0) is 21.1. The Balaban J connectivity index is 1.62. The van der Waals surface area contributed by atoms with Gasteiger partial charge in [-0.1, -0.05) is 24.3 Å². The molecule has 1 aliphatic rings. The highest BCUT2D eigenvalue weighted by atomic mass is 32.2. The summed E-state index contributed by atoms with van der Waals surface area (Å²) in [5.74, 6) is -0.178. The van der Waals surface area contributed by atoms with Crippen LogP contribution < -0.4 is 19.1 Å². The van der Waals surface area contributed by atoms with Crippen molar-refractivity contribution in [1.82, 2.24) is 0 Å². The van der Waals surface area contributed by atoms with Gasteiger partial charge in [-0.05, 0) is 42.5 Å². The molecule has 1 amide bonds. The number of benzene rings is 3. The normalized spacial score (nSPS) is 12.4. The lowest BCUT2D eigenvalue weighted by Gasteiger charge is -2.24. The maximum absolute atomic E-state index is 13.8. The number of nitrogens with zero attached hydrogens (tertiary/aromatic N) is 1. The quantitative estimate of drug-likeness (QED) is 0.651. The first-order chi connectivity index (χ1) is 14.4. The summed E-state index contributed by atoms with van der Waals surface area (Å²) in [6, 6.07) is 17.6. The van der Waals surface area contributed by atoms with Crippen LogP contribution in [0.2, 0.25) is 0 Å². The van der Waals surface area contributed by atoms with E-state index in [0.29, 0.717) is 17.2 Å². The van der Waals surface area contributed by atoms with E-state index >= 15 is 0 Å². The van der Waals surface area contributed by atoms with Gasteiger partial charge >= 0.3 is 0 Å². The van der Waals surface area contributed by atoms with Crippen LogP contribution in [0.1, 0.15) is 0 Å². The second kappa shape index (κ2) is 8.03. The zero-order valence-electron chi connectivity index (χ0n) is 15.6. The van der Waals surface area contributed by atoms with E-state index in [-0.39, 0.29) is 17.4 Å². The number of sulfonamides is 1. The number of carbonyl (C=O) groups excluding carboxylic acids is 1. The average molecular weight is 428 g/mol. The summed E-state index contributed by atoms with van der Waals surface area (Å²) in [7, 11) is -4.11. The molecule has 154 valence electrons. The Morgan fingerprint density at radius 1 is 0.967 bits per heavy atom. The summed E-state index contributed by atoms with van der Waals surface area (Å²) in [6.07, 6.45) is 0. The Morgan fingerprint density at radius 2 is 1.73 bits per heavy atom. The van der Waals surface area contributed by atoms with Crippen LogP contribution in [0.5, 0.6) is 11.5 Å². The van der Waals surface area contributed by atoms with Gasteiger partial charge in [-0.25, -0.2) is 12.8 Å². The molecule has 7 nitrogen and oxygen atoms in total. The van der Waals surface area contributed by atoms with Crippen LogP contribution in [-0.4, -0.2) is 27.7 Å². The Labute approximate surface area is 172 Å². The zero-order valence-corrected chi connectivity index (χ0v) is 16.4. The topological polar surface area (TPSA) is 84.9 Å². The summed E-state index contributed by atoms with van der Waals surface area (Å²) in [5.41, 5.74) is 0.459. The smallest absolute Gasteiger partial charge is 0.264 e. The molecule has 1 heterocycles. The van der Waals surface area contributed by atoms with E-state index < -0.39 is 28.3 Å². The molecule has 0 radical (unpaired) electrons. The standard InChI is InChI=1S/C21H17FN2O5S/c22-15-5-4-6-17(11-15)24(30(26,27)18-7-2-1-3-8-18)13-21(25)23-16-9-10-19-20(12-16)29-14-28-19/h1-12H,13-14H2,(H,23,25). The van der Waals surface area contributed by atoms with Crippen molar-refractivity contribution in [2.45, 2.75) is 4.90 Å². The van der Waals surface area contributed by atoms with Gasteiger partial charge < -0.3 is 14.8 Å². The molecular formula is C21H17FN2O5S. The molecule has 0 saturated carbocycles. The molecule has 3 aromatic carbocycles. The fourth-order valence-corrected chi connectivity index (χ4v) is 4.41. The summed E-state index contributed by atoms with van der Waals surface area (Å²) in [4.78, 5) is 12.7. The fourth-order valence-electron chi connectivity index (χ4n) is 2.97. The maximum atomic E-state index is 13.8. The molecule has 0 unspecified atom stereocenters. The van der Waals surface area contributed by atoms with E-state index in [1.54, 1.807) is 36.4 Å². The van der Waals surface area contributed by atoms with Gasteiger partial charge in [-0.15, -0.1) is 0 Å². The third-order valence-corrected chi connectivity index (χ3v) is 6.16. The van der Waals surface area contributed by atoms with E-state index in [4.69, 9.17) is 9.47 Å². The predicted molar refractivity (Wildman–Crippen MR) is 109 cm³/mol. The summed E-state index contributed by atoms with van der Waals surface area (Å²) < 4.78 is 51.5. The van der Waals surface area contributed by atoms with Gasteiger partial charge in [0, 0.05) is 11.8 Å². The number of rotatable bonds is 6. The van der Waals surface area contributed by atoms with Crippen LogP contribution in [0, 0.1) is 5.82 Å². The molecule has 9 heteroatoms. The molecule has 0 fully saturated rings. The first kappa shape index (κ1) is 19.7. The lowest BCUT2D eigenvalue weighted by Crippen LogP contribution is -2.38. The Kier molecular flexibility index (Phi) is 5.28.